The van der Waals surface area contributed by atoms with Crippen LogP contribution in [-0.4, -0.2) is 36.4 Å². The van der Waals surface area contributed by atoms with E-state index in [1.54, 1.807) is 0 Å². The predicted octanol–water partition coefficient (Wildman–Crippen LogP) is 15.6. The Kier molecular flexibility index (Phi) is 42.2. The van der Waals surface area contributed by atoms with E-state index in [1.807, 2.05) is 0 Å². The molecule has 0 amide bonds. The number of hydrogen-bond donors (Lipinski definition) is 1. The van der Waals surface area contributed by atoms with Crippen LogP contribution in [0.2, 0.25) is 0 Å². The molecule has 0 heterocycles. The molecule has 5 heteroatoms. The summed E-state index contributed by atoms with van der Waals surface area (Å²) in [6, 6.07) is 0. The fraction of sp³-hybridized carbons (Fsp3) is 0.959. The van der Waals surface area contributed by atoms with Gasteiger partial charge in [-0.1, -0.05) is 220 Å². The van der Waals surface area contributed by atoms with Crippen molar-refractivity contribution in [3.05, 3.63) is 0 Å². The zero-order valence-electron chi connectivity index (χ0n) is 37.1. The van der Waals surface area contributed by atoms with Gasteiger partial charge in [0, 0.05) is 0 Å². The van der Waals surface area contributed by atoms with Crippen LogP contribution in [0.1, 0.15) is 272 Å². The van der Waals surface area contributed by atoms with Crippen molar-refractivity contribution in [3.63, 3.8) is 0 Å². The zero-order valence-corrected chi connectivity index (χ0v) is 37.1. The first-order chi connectivity index (χ1) is 26.5. The molecule has 0 spiro atoms. The van der Waals surface area contributed by atoms with Crippen LogP contribution in [0.15, 0.2) is 0 Å². The van der Waals surface area contributed by atoms with Crippen molar-refractivity contribution in [1.82, 2.24) is 0 Å². The number of unbranched alkanes of at least 4 members (excludes halogenated alkanes) is 26. The van der Waals surface area contributed by atoms with Gasteiger partial charge in [-0.2, -0.15) is 0 Å². The number of aliphatic hydroxyl groups is 1. The molecule has 0 aromatic rings. The highest BCUT2D eigenvalue weighted by Gasteiger charge is 2.20. The molecule has 5 nitrogen and oxygen atoms in total. The molecule has 0 bridgehead atoms. The van der Waals surface area contributed by atoms with Crippen LogP contribution in [0.25, 0.3) is 0 Å². The van der Waals surface area contributed by atoms with Gasteiger partial charge < -0.3 is 14.6 Å². The Bertz CT molecular complexity index is 675. The molecule has 0 aliphatic rings. The van der Waals surface area contributed by atoms with Crippen molar-refractivity contribution in [1.29, 1.82) is 0 Å². The molecule has 322 valence electrons. The maximum Gasteiger partial charge on any atom is 0.308 e. The smallest absolute Gasteiger partial charge is 0.308 e. The largest absolute Gasteiger partial charge is 0.465 e. The minimum absolute atomic E-state index is 0.0434. The zero-order chi connectivity index (χ0) is 39.6. The van der Waals surface area contributed by atoms with E-state index in [0.717, 1.165) is 116 Å². The van der Waals surface area contributed by atoms with Gasteiger partial charge in [-0.25, -0.2) is 0 Å². The first kappa shape index (κ1) is 52.9. The van der Waals surface area contributed by atoms with E-state index >= 15 is 0 Å². The van der Waals surface area contributed by atoms with Crippen LogP contribution < -0.4 is 0 Å². The van der Waals surface area contributed by atoms with Gasteiger partial charge in [-0.3, -0.25) is 9.59 Å². The summed E-state index contributed by atoms with van der Waals surface area (Å²) in [6.07, 6.45) is 44.0. The summed E-state index contributed by atoms with van der Waals surface area (Å²) in [4.78, 5) is 25.9. The monoisotopic (exact) mass is 765 g/mol. The Balaban J connectivity index is 4.09. The Morgan fingerprint density at radius 2 is 0.556 bits per heavy atom. The fourth-order valence-corrected chi connectivity index (χ4v) is 7.84. The summed E-state index contributed by atoms with van der Waals surface area (Å²) in [6.45, 7) is 10.1. The maximum absolute atomic E-state index is 13.0. The summed E-state index contributed by atoms with van der Waals surface area (Å²) < 4.78 is 11.6. The molecule has 54 heavy (non-hydrogen) atoms. The van der Waals surface area contributed by atoms with Crippen LogP contribution in [0.5, 0.6) is 0 Å². The SMILES string of the molecule is CCCCCCCCC(CCCCCCCC)C(=O)OCCCCCCC(O)CCCCCCOC(=O)C(CCCCCCCC)CCCCCCCC. The number of aliphatic hydroxyl groups excluding tert-OH is 1. The molecule has 1 N–H and O–H groups in total. The summed E-state index contributed by atoms with van der Waals surface area (Å²) in [5.74, 6) is 0.252. The molecule has 0 unspecified atom stereocenters. The van der Waals surface area contributed by atoms with Gasteiger partial charge >= 0.3 is 11.9 Å². The van der Waals surface area contributed by atoms with Gasteiger partial charge in [0.15, 0.2) is 0 Å². The summed E-state index contributed by atoms with van der Waals surface area (Å²) in [5.41, 5.74) is 0. The molecule has 0 radical (unpaired) electrons. The summed E-state index contributed by atoms with van der Waals surface area (Å²) in [5, 5.41) is 10.5. The van der Waals surface area contributed by atoms with E-state index in [9.17, 15) is 14.7 Å². The minimum Gasteiger partial charge on any atom is -0.465 e. The first-order valence-electron chi connectivity index (χ1n) is 24.5. The summed E-state index contributed by atoms with van der Waals surface area (Å²) in [7, 11) is 0. The van der Waals surface area contributed by atoms with Crippen LogP contribution in [0.3, 0.4) is 0 Å². The van der Waals surface area contributed by atoms with Crippen molar-refractivity contribution in [3.8, 4) is 0 Å². The van der Waals surface area contributed by atoms with Gasteiger partial charge in [-0.15, -0.1) is 0 Å². The molecule has 0 aromatic heterocycles. The molecule has 0 rings (SSSR count). The third-order valence-corrected chi connectivity index (χ3v) is 11.6. The highest BCUT2D eigenvalue weighted by Crippen LogP contribution is 2.23. The second-order valence-electron chi connectivity index (χ2n) is 17.0. The van der Waals surface area contributed by atoms with Crippen molar-refractivity contribution in [2.75, 3.05) is 13.2 Å². The third-order valence-electron chi connectivity index (χ3n) is 11.6. The van der Waals surface area contributed by atoms with E-state index in [4.69, 9.17) is 9.47 Å². The number of rotatable bonds is 44. The average molecular weight is 765 g/mol. The number of carbonyl (C=O) groups is 2. The van der Waals surface area contributed by atoms with Gasteiger partial charge in [-0.05, 0) is 51.4 Å². The minimum atomic E-state index is -0.227. The lowest BCUT2D eigenvalue weighted by Gasteiger charge is -2.16. The number of carbonyl (C=O) groups excluding carboxylic acids is 2. The molecule has 0 aliphatic heterocycles. The van der Waals surface area contributed by atoms with Crippen LogP contribution >= 0.6 is 0 Å². The van der Waals surface area contributed by atoms with Crippen molar-refractivity contribution in [2.45, 2.75) is 278 Å². The average Bonchev–Trinajstić information content (AvgIpc) is 3.17. The maximum atomic E-state index is 13.0. The molecule has 0 saturated heterocycles. The van der Waals surface area contributed by atoms with Gasteiger partial charge in [0.2, 0.25) is 0 Å². The topological polar surface area (TPSA) is 72.8 Å². The fourth-order valence-electron chi connectivity index (χ4n) is 7.84. The quantitative estimate of drug-likeness (QED) is 0.0494. The van der Waals surface area contributed by atoms with E-state index in [-0.39, 0.29) is 29.9 Å². The van der Waals surface area contributed by atoms with Crippen LogP contribution in [-0.2, 0) is 19.1 Å². The van der Waals surface area contributed by atoms with E-state index < -0.39 is 0 Å². The molecule has 0 aliphatic carbocycles. The molecule has 0 atom stereocenters. The van der Waals surface area contributed by atoms with E-state index in [0.29, 0.717) is 13.2 Å². The van der Waals surface area contributed by atoms with Crippen molar-refractivity contribution >= 4 is 11.9 Å². The lowest BCUT2D eigenvalue weighted by Crippen LogP contribution is -2.18. The van der Waals surface area contributed by atoms with Crippen LogP contribution in [0, 0.1) is 11.8 Å². The Morgan fingerprint density at radius 3 is 0.833 bits per heavy atom. The Morgan fingerprint density at radius 1 is 0.333 bits per heavy atom. The highest BCUT2D eigenvalue weighted by molar-refractivity contribution is 5.72. The second kappa shape index (κ2) is 43.0. The lowest BCUT2D eigenvalue weighted by molar-refractivity contribution is -0.150. The Labute approximate surface area is 338 Å². The second-order valence-corrected chi connectivity index (χ2v) is 17.0. The normalized spacial score (nSPS) is 11.7. The molecule has 0 fully saturated rings. The molecular formula is C49H96O5. The lowest BCUT2D eigenvalue weighted by atomic mass is 9.94. The van der Waals surface area contributed by atoms with Crippen LogP contribution in [0.4, 0.5) is 0 Å². The predicted molar refractivity (Wildman–Crippen MR) is 233 cm³/mol. The summed E-state index contributed by atoms with van der Waals surface area (Å²) >= 11 is 0. The molecular weight excluding hydrogens is 669 g/mol. The number of hydrogen-bond acceptors (Lipinski definition) is 5. The first-order valence-corrected chi connectivity index (χ1v) is 24.5. The number of esters is 2. The van der Waals surface area contributed by atoms with E-state index in [1.165, 1.54) is 128 Å². The Hall–Kier alpha value is -1.10. The molecule has 0 saturated carbocycles. The van der Waals surface area contributed by atoms with Gasteiger partial charge in [0.05, 0.1) is 31.2 Å². The number of ether oxygens (including phenoxy) is 2. The van der Waals surface area contributed by atoms with Gasteiger partial charge in [0.25, 0.3) is 0 Å². The van der Waals surface area contributed by atoms with Crippen molar-refractivity contribution in [2.24, 2.45) is 11.8 Å². The van der Waals surface area contributed by atoms with Crippen molar-refractivity contribution < 1.29 is 24.2 Å². The van der Waals surface area contributed by atoms with E-state index in [2.05, 4.69) is 27.7 Å². The van der Waals surface area contributed by atoms with Gasteiger partial charge in [0.1, 0.15) is 0 Å². The molecule has 0 aromatic carbocycles. The highest BCUT2D eigenvalue weighted by atomic mass is 16.5. The third kappa shape index (κ3) is 36.5. The standard InChI is InChI=1S/C49H96O5/c1-5-9-13-17-21-29-37-45(38-30-22-18-14-10-6-2)48(51)53-43-35-27-25-33-41-47(50)42-34-26-28-36-44-54-49(52)46(39-31-23-19-15-11-7-3)40-32-24-20-16-12-8-4/h45-47,50H,5-44H2,1-4H3.